The lowest BCUT2D eigenvalue weighted by molar-refractivity contribution is 0.367. The van der Waals surface area contributed by atoms with Crippen LogP contribution >= 0.6 is 11.6 Å². The summed E-state index contributed by atoms with van der Waals surface area (Å²) >= 11 is 5.97. The SMILES string of the molecule is Cn1cc(C(N)c2nc(-c3ccc(F)cc3Cl)no2)cn1. The molecule has 1 unspecified atom stereocenters. The van der Waals surface area contributed by atoms with E-state index in [1.807, 2.05) is 0 Å². The monoisotopic (exact) mass is 307 g/mol. The second-order valence-electron chi connectivity index (χ2n) is 4.51. The Bertz CT molecular complexity index is 784. The van der Waals surface area contributed by atoms with Crippen LogP contribution in [0.4, 0.5) is 4.39 Å². The Labute approximate surface area is 124 Å². The van der Waals surface area contributed by atoms with Gasteiger partial charge in [0.05, 0.1) is 11.2 Å². The predicted octanol–water partition coefficient (Wildman–Crippen LogP) is 2.31. The molecule has 6 nitrogen and oxygen atoms in total. The molecule has 108 valence electrons. The van der Waals surface area contributed by atoms with Crippen LogP contribution in [0, 0.1) is 5.82 Å². The molecule has 0 saturated carbocycles. The fraction of sp³-hybridized carbons (Fsp3) is 0.154. The summed E-state index contributed by atoms with van der Waals surface area (Å²) in [7, 11) is 1.79. The quantitative estimate of drug-likeness (QED) is 0.803. The molecule has 21 heavy (non-hydrogen) atoms. The van der Waals surface area contributed by atoms with Crippen molar-refractivity contribution in [1.82, 2.24) is 19.9 Å². The Morgan fingerprint density at radius 1 is 1.43 bits per heavy atom. The molecule has 0 aliphatic heterocycles. The average Bonchev–Trinajstić information content (AvgIpc) is 3.07. The molecule has 2 aromatic heterocycles. The van der Waals surface area contributed by atoms with Gasteiger partial charge >= 0.3 is 0 Å². The van der Waals surface area contributed by atoms with Gasteiger partial charge in [0.15, 0.2) is 0 Å². The highest BCUT2D eigenvalue weighted by atomic mass is 35.5. The van der Waals surface area contributed by atoms with Crippen molar-refractivity contribution < 1.29 is 8.91 Å². The van der Waals surface area contributed by atoms with Crippen LogP contribution in [-0.2, 0) is 7.05 Å². The van der Waals surface area contributed by atoms with E-state index in [-0.39, 0.29) is 16.7 Å². The van der Waals surface area contributed by atoms with Crippen LogP contribution in [-0.4, -0.2) is 19.9 Å². The molecule has 2 N–H and O–H groups in total. The summed E-state index contributed by atoms with van der Waals surface area (Å²) in [4.78, 5) is 4.21. The maximum atomic E-state index is 13.0. The number of halogens is 2. The molecule has 3 rings (SSSR count). The highest BCUT2D eigenvalue weighted by molar-refractivity contribution is 6.33. The first-order chi connectivity index (χ1) is 10.0. The van der Waals surface area contributed by atoms with Crippen molar-refractivity contribution in [2.45, 2.75) is 6.04 Å². The second-order valence-corrected chi connectivity index (χ2v) is 4.91. The van der Waals surface area contributed by atoms with Gasteiger partial charge in [-0.05, 0) is 18.2 Å². The maximum Gasteiger partial charge on any atom is 0.248 e. The largest absolute Gasteiger partial charge is 0.337 e. The number of hydrogen-bond donors (Lipinski definition) is 1. The smallest absolute Gasteiger partial charge is 0.248 e. The fourth-order valence-corrected chi connectivity index (χ4v) is 2.14. The molecular weight excluding hydrogens is 297 g/mol. The van der Waals surface area contributed by atoms with Crippen molar-refractivity contribution in [3.05, 3.63) is 52.9 Å². The van der Waals surface area contributed by atoms with Crippen LogP contribution in [0.5, 0.6) is 0 Å². The third kappa shape index (κ3) is 2.65. The molecule has 3 aromatic rings. The number of nitrogens with two attached hydrogens (primary N) is 1. The molecule has 0 radical (unpaired) electrons. The number of rotatable bonds is 3. The fourth-order valence-electron chi connectivity index (χ4n) is 1.89. The van der Waals surface area contributed by atoms with Crippen LogP contribution < -0.4 is 5.73 Å². The van der Waals surface area contributed by atoms with Crippen molar-refractivity contribution in [1.29, 1.82) is 0 Å². The highest BCUT2D eigenvalue weighted by Crippen LogP contribution is 2.27. The normalized spacial score (nSPS) is 12.6. The standard InChI is InChI=1S/C13H11ClFN5O/c1-20-6-7(5-17-20)11(16)13-18-12(19-21-13)9-3-2-8(15)4-10(9)14/h2-6,11H,16H2,1H3. The number of hydrogen-bond acceptors (Lipinski definition) is 5. The Kier molecular flexibility index (Phi) is 3.44. The summed E-state index contributed by atoms with van der Waals surface area (Å²) in [5.74, 6) is 0.0623. The molecule has 0 spiro atoms. The highest BCUT2D eigenvalue weighted by Gasteiger charge is 2.20. The van der Waals surface area contributed by atoms with E-state index in [2.05, 4.69) is 15.2 Å². The summed E-state index contributed by atoms with van der Waals surface area (Å²) in [5, 5.41) is 8.07. The first-order valence-electron chi connectivity index (χ1n) is 6.08. The summed E-state index contributed by atoms with van der Waals surface area (Å²) in [5.41, 5.74) is 7.27. The maximum absolute atomic E-state index is 13.0. The summed E-state index contributed by atoms with van der Waals surface area (Å²) in [6.45, 7) is 0. The first kappa shape index (κ1) is 13.7. The predicted molar refractivity (Wildman–Crippen MR) is 73.9 cm³/mol. The molecule has 0 amide bonds. The summed E-state index contributed by atoms with van der Waals surface area (Å²) in [6, 6.07) is 3.37. The summed E-state index contributed by atoms with van der Waals surface area (Å²) < 4.78 is 19.8. The van der Waals surface area contributed by atoms with Gasteiger partial charge in [-0.2, -0.15) is 10.1 Å². The minimum absolute atomic E-state index is 0.206. The molecule has 0 aliphatic carbocycles. The van der Waals surface area contributed by atoms with Crippen LogP contribution in [0.15, 0.2) is 35.1 Å². The van der Waals surface area contributed by atoms with Crippen LogP contribution in [0.2, 0.25) is 5.02 Å². The topological polar surface area (TPSA) is 82.8 Å². The minimum Gasteiger partial charge on any atom is -0.337 e. The van der Waals surface area contributed by atoms with Gasteiger partial charge in [0.25, 0.3) is 0 Å². The molecule has 0 fully saturated rings. The van der Waals surface area contributed by atoms with Crippen molar-refractivity contribution in [2.24, 2.45) is 12.8 Å². The minimum atomic E-state index is -0.584. The lowest BCUT2D eigenvalue weighted by Gasteiger charge is -2.02. The van der Waals surface area contributed by atoms with Crippen molar-refractivity contribution in [2.75, 3.05) is 0 Å². The van der Waals surface area contributed by atoms with Gasteiger partial charge in [0.2, 0.25) is 11.7 Å². The number of benzene rings is 1. The van der Waals surface area contributed by atoms with E-state index in [0.29, 0.717) is 5.56 Å². The average molecular weight is 308 g/mol. The third-order valence-electron chi connectivity index (χ3n) is 2.96. The van der Waals surface area contributed by atoms with Crippen LogP contribution in [0.25, 0.3) is 11.4 Å². The van der Waals surface area contributed by atoms with Crippen LogP contribution in [0.3, 0.4) is 0 Å². The number of nitrogens with zero attached hydrogens (tertiary/aromatic N) is 4. The Balaban J connectivity index is 1.92. The number of aryl methyl sites for hydroxylation is 1. The lowest BCUT2D eigenvalue weighted by atomic mass is 10.2. The van der Waals surface area contributed by atoms with Crippen molar-refractivity contribution in [3.63, 3.8) is 0 Å². The molecule has 0 aliphatic rings. The first-order valence-corrected chi connectivity index (χ1v) is 6.45. The van der Waals surface area contributed by atoms with E-state index in [1.54, 1.807) is 24.1 Å². The molecule has 1 aromatic carbocycles. The molecule has 0 saturated heterocycles. The van der Waals surface area contributed by atoms with Gasteiger partial charge < -0.3 is 10.3 Å². The third-order valence-corrected chi connectivity index (χ3v) is 3.28. The lowest BCUT2D eigenvalue weighted by Crippen LogP contribution is -2.11. The van der Waals surface area contributed by atoms with Gasteiger partial charge in [-0.1, -0.05) is 16.8 Å². The zero-order chi connectivity index (χ0) is 15.0. The van der Waals surface area contributed by atoms with Gasteiger partial charge in [0, 0.05) is 24.4 Å². The van der Waals surface area contributed by atoms with Gasteiger partial charge in [0.1, 0.15) is 11.9 Å². The van der Waals surface area contributed by atoms with Gasteiger partial charge in [-0.25, -0.2) is 4.39 Å². The van der Waals surface area contributed by atoms with E-state index in [0.717, 1.165) is 5.56 Å². The molecule has 2 heterocycles. The van der Waals surface area contributed by atoms with E-state index in [1.165, 1.54) is 18.2 Å². The summed E-state index contributed by atoms with van der Waals surface area (Å²) in [6.07, 6.45) is 3.39. The van der Waals surface area contributed by atoms with Gasteiger partial charge in [-0.15, -0.1) is 0 Å². The van der Waals surface area contributed by atoms with Crippen molar-refractivity contribution in [3.8, 4) is 11.4 Å². The molecular formula is C13H11ClFN5O. The van der Waals surface area contributed by atoms with Crippen LogP contribution in [0.1, 0.15) is 17.5 Å². The number of aromatic nitrogens is 4. The Morgan fingerprint density at radius 3 is 2.90 bits per heavy atom. The molecule has 0 bridgehead atoms. The zero-order valence-electron chi connectivity index (χ0n) is 11.0. The van der Waals surface area contributed by atoms with E-state index in [4.69, 9.17) is 21.9 Å². The van der Waals surface area contributed by atoms with E-state index < -0.39 is 11.9 Å². The zero-order valence-corrected chi connectivity index (χ0v) is 11.8. The van der Waals surface area contributed by atoms with E-state index >= 15 is 0 Å². The van der Waals surface area contributed by atoms with E-state index in [9.17, 15) is 4.39 Å². The molecule has 8 heteroatoms. The Morgan fingerprint density at radius 2 is 2.24 bits per heavy atom. The van der Waals surface area contributed by atoms with Gasteiger partial charge in [-0.3, -0.25) is 4.68 Å². The van der Waals surface area contributed by atoms with Crippen molar-refractivity contribution >= 4 is 11.6 Å². The second kappa shape index (κ2) is 5.27. The molecule has 1 atom stereocenters. The Hall–Kier alpha value is -2.25.